The predicted octanol–water partition coefficient (Wildman–Crippen LogP) is 4.72. The maximum absolute atomic E-state index is 6.41. The van der Waals surface area contributed by atoms with Crippen molar-refractivity contribution in [1.82, 2.24) is 9.88 Å². The van der Waals surface area contributed by atoms with E-state index in [1.165, 1.54) is 0 Å². The highest BCUT2D eigenvalue weighted by atomic mass is 35.5. The van der Waals surface area contributed by atoms with Gasteiger partial charge in [0, 0.05) is 18.0 Å². The summed E-state index contributed by atoms with van der Waals surface area (Å²) in [5, 5.41) is 1.76. The Morgan fingerprint density at radius 1 is 1.32 bits per heavy atom. The first-order valence-corrected chi connectivity index (χ1v) is 9.82. The number of nitrogens with zero attached hydrogens (tertiary/aromatic N) is 3. The van der Waals surface area contributed by atoms with E-state index in [0.29, 0.717) is 16.8 Å². The number of rotatable bonds is 4. The van der Waals surface area contributed by atoms with E-state index in [9.17, 15) is 0 Å². The first-order chi connectivity index (χ1) is 12.2. The number of fused-ring (bicyclic) bond motifs is 1. The third kappa shape index (κ3) is 2.89. The van der Waals surface area contributed by atoms with Crippen molar-refractivity contribution in [3.63, 3.8) is 0 Å². The van der Waals surface area contributed by atoms with Crippen molar-refractivity contribution in [2.24, 2.45) is 4.99 Å². The molecule has 3 heterocycles. The standard InChI is InChI=1S/C19H20ClN3OS/c1-3-13-11-25-19-22-17(15-6-4-5-9-21-15)18(23(13)19)12-7-8-16(24-2)14(20)10-12/h4-10,13,17-18H,3,11H2,1-2H3/t13-,17+,18+/m1/s1. The third-order valence-corrected chi connectivity index (χ3v) is 6.27. The van der Waals surface area contributed by atoms with Gasteiger partial charge >= 0.3 is 0 Å². The highest BCUT2D eigenvalue weighted by molar-refractivity contribution is 8.14. The third-order valence-electron chi connectivity index (χ3n) is 4.85. The number of hydrogen-bond acceptors (Lipinski definition) is 5. The largest absolute Gasteiger partial charge is 0.495 e. The minimum atomic E-state index is -0.0116. The molecule has 1 aromatic heterocycles. The minimum absolute atomic E-state index is 0.0116. The Morgan fingerprint density at radius 3 is 2.88 bits per heavy atom. The number of ether oxygens (including phenoxy) is 1. The number of aromatic nitrogens is 1. The van der Waals surface area contributed by atoms with Crippen LogP contribution < -0.4 is 4.74 Å². The Hall–Kier alpha value is -1.72. The zero-order valence-corrected chi connectivity index (χ0v) is 15.8. The molecule has 1 aromatic carbocycles. The van der Waals surface area contributed by atoms with E-state index in [0.717, 1.165) is 28.6 Å². The van der Waals surface area contributed by atoms with Crippen molar-refractivity contribution in [2.45, 2.75) is 31.5 Å². The van der Waals surface area contributed by atoms with E-state index in [2.05, 4.69) is 28.9 Å². The molecule has 0 amide bonds. The number of thioether (sulfide) groups is 1. The van der Waals surface area contributed by atoms with E-state index in [1.807, 2.05) is 42.2 Å². The second kappa shape index (κ2) is 6.89. The summed E-state index contributed by atoms with van der Waals surface area (Å²) in [5.74, 6) is 1.78. The second-order valence-corrected chi connectivity index (χ2v) is 7.62. The molecule has 0 unspecified atom stereocenters. The van der Waals surface area contributed by atoms with E-state index < -0.39 is 0 Å². The number of methoxy groups -OCH3 is 1. The molecule has 0 N–H and O–H groups in total. The number of aliphatic imine (C=N–C) groups is 1. The van der Waals surface area contributed by atoms with Crippen molar-refractivity contribution in [2.75, 3.05) is 12.9 Å². The Bertz CT molecular complexity index is 799. The highest BCUT2D eigenvalue weighted by Crippen LogP contribution is 2.49. The zero-order chi connectivity index (χ0) is 17.4. The fourth-order valence-electron chi connectivity index (χ4n) is 3.58. The van der Waals surface area contributed by atoms with Gasteiger partial charge in [-0.25, -0.2) is 0 Å². The van der Waals surface area contributed by atoms with Crippen LogP contribution in [0.1, 0.15) is 36.7 Å². The summed E-state index contributed by atoms with van der Waals surface area (Å²) < 4.78 is 5.31. The van der Waals surface area contributed by atoms with Crippen LogP contribution in [0.2, 0.25) is 5.02 Å². The summed E-state index contributed by atoms with van der Waals surface area (Å²) in [5.41, 5.74) is 2.15. The second-order valence-electron chi connectivity index (χ2n) is 6.23. The molecule has 2 aromatic rings. The van der Waals surface area contributed by atoms with Gasteiger partial charge < -0.3 is 9.64 Å². The van der Waals surface area contributed by atoms with E-state index in [4.69, 9.17) is 21.3 Å². The molecule has 3 atom stereocenters. The number of hydrogen-bond donors (Lipinski definition) is 0. The first kappa shape index (κ1) is 16.7. The molecule has 0 spiro atoms. The Labute approximate surface area is 157 Å². The van der Waals surface area contributed by atoms with Gasteiger partial charge in [0.1, 0.15) is 11.8 Å². The number of pyridine rings is 1. The Kier molecular flexibility index (Phi) is 4.61. The van der Waals surface area contributed by atoms with Crippen LogP contribution in [0.5, 0.6) is 5.75 Å². The molecule has 1 saturated heterocycles. The summed E-state index contributed by atoms with van der Waals surface area (Å²) in [4.78, 5) is 12.0. The molecular formula is C19H20ClN3OS. The lowest BCUT2D eigenvalue weighted by molar-refractivity contribution is 0.255. The van der Waals surface area contributed by atoms with Crippen LogP contribution in [0.4, 0.5) is 0 Å². The van der Waals surface area contributed by atoms with E-state index in [-0.39, 0.29) is 12.1 Å². The smallest absolute Gasteiger partial charge is 0.160 e. The molecule has 1 fully saturated rings. The molecule has 2 aliphatic rings. The lowest BCUT2D eigenvalue weighted by Gasteiger charge is -2.32. The van der Waals surface area contributed by atoms with Crippen LogP contribution in [0.3, 0.4) is 0 Å². The van der Waals surface area contributed by atoms with Crippen LogP contribution in [0.15, 0.2) is 47.6 Å². The van der Waals surface area contributed by atoms with Crippen molar-refractivity contribution >= 4 is 28.5 Å². The minimum Gasteiger partial charge on any atom is -0.495 e. The van der Waals surface area contributed by atoms with Gasteiger partial charge in [-0.2, -0.15) is 0 Å². The molecule has 4 rings (SSSR count). The van der Waals surface area contributed by atoms with E-state index in [1.54, 1.807) is 7.11 Å². The van der Waals surface area contributed by atoms with Gasteiger partial charge in [0.05, 0.1) is 23.9 Å². The van der Waals surface area contributed by atoms with Gasteiger partial charge in [0.2, 0.25) is 0 Å². The quantitative estimate of drug-likeness (QED) is 0.776. The molecule has 4 nitrogen and oxygen atoms in total. The van der Waals surface area contributed by atoms with Gasteiger partial charge in [-0.1, -0.05) is 42.4 Å². The molecule has 130 valence electrons. The van der Waals surface area contributed by atoms with Crippen LogP contribution in [0, 0.1) is 0 Å². The molecule has 0 bridgehead atoms. The van der Waals surface area contributed by atoms with Crippen LogP contribution in [0.25, 0.3) is 0 Å². The zero-order valence-electron chi connectivity index (χ0n) is 14.2. The summed E-state index contributed by atoms with van der Waals surface area (Å²) >= 11 is 8.26. The van der Waals surface area contributed by atoms with Gasteiger partial charge in [0.15, 0.2) is 5.17 Å². The van der Waals surface area contributed by atoms with Crippen LogP contribution >= 0.6 is 23.4 Å². The first-order valence-electron chi connectivity index (χ1n) is 8.46. The molecule has 25 heavy (non-hydrogen) atoms. The maximum Gasteiger partial charge on any atom is 0.160 e. The topological polar surface area (TPSA) is 37.7 Å². The fraction of sp³-hybridized carbons (Fsp3) is 0.368. The Morgan fingerprint density at radius 2 is 2.20 bits per heavy atom. The molecule has 0 aliphatic carbocycles. The van der Waals surface area contributed by atoms with Crippen molar-refractivity contribution in [3.05, 3.63) is 58.9 Å². The summed E-state index contributed by atoms with van der Waals surface area (Å²) in [7, 11) is 1.64. The van der Waals surface area contributed by atoms with Gasteiger partial charge in [-0.3, -0.25) is 9.98 Å². The lowest BCUT2D eigenvalue weighted by atomic mass is 9.95. The van der Waals surface area contributed by atoms with Gasteiger partial charge in [0.25, 0.3) is 0 Å². The van der Waals surface area contributed by atoms with Gasteiger partial charge in [-0.15, -0.1) is 0 Å². The molecule has 0 radical (unpaired) electrons. The molecule has 6 heteroatoms. The molecular weight excluding hydrogens is 354 g/mol. The predicted molar refractivity (Wildman–Crippen MR) is 104 cm³/mol. The molecule has 2 aliphatic heterocycles. The normalized spacial score (nSPS) is 25.0. The average molecular weight is 374 g/mol. The summed E-state index contributed by atoms with van der Waals surface area (Å²) in [6.07, 6.45) is 2.93. The number of amidine groups is 1. The van der Waals surface area contributed by atoms with Crippen molar-refractivity contribution in [3.8, 4) is 5.75 Å². The number of benzene rings is 1. The van der Waals surface area contributed by atoms with Crippen LogP contribution in [-0.4, -0.2) is 34.0 Å². The maximum atomic E-state index is 6.41. The lowest BCUT2D eigenvalue weighted by Crippen LogP contribution is -2.35. The van der Waals surface area contributed by atoms with Crippen LogP contribution in [-0.2, 0) is 0 Å². The fourth-order valence-corrected chi connectivity index (χ4v) is 5.18. The monoisotopic (exact) mass is 373 g/mol. The highest BCUT2D eigenvalue weighted by Gasteiger charge is 2.45. The van der Waals surface area contributed by atoms with Gasteiger partial charge in [-0.05, 0) is 36.2 Å². The average Bonchev–Trinajstić information content (AvgIpc) is 3.21. The summed E-state index contributed by atoms with van der Waals surface area (Å²) in [6, 6.07) is 12.7. The van der Waals surface area contributed by atoms with E-state index >= 15 is 0 Å². The number of halogens is 1. The summed E-state index contributed by atoms with van der Waals surface area (Å²) in [6.45, 7) is 2.24. The van der Waals surface area contributed by atoms with Crippen molar-refractivity contribution in [1.29, 1.82) is 0 Å². The SMILES string of the molecule is CC[C@@H]1CSC2=N[C@@H](c3ccccn3)[C@H](c3ccc(OC)c(Cl)c3)N21. The molecule has 0 saturated carbocycles. The Balaban J connectivity index is 1.79. The van der Waals surface area contributed by atoms with Crippen molar-refractivity contribution < 1.29 is 4.74 Å².